The summed E-state index contributed by atoms with van der Waals surface area (Å²) in [6.45, 7) is 9.10. The Morgan fingerprint density at radius 2 is 2.00 bits per heavy atom. The molecule has 0 bridgehead atoms. The SMILES string of the molecule is CCC(O)C(C)CCN1CCOCC1. The number of aliphatic hydroxyl groups excluding tert-OH is 1. The highest BCUT2D eigenvalue weighted by molar-refractivity contribution is 4.67. The highest BCUT2D eigenvalue weighted by Crippen LogP contribution is 2.12. The van der Waals surface area contributed by atoms with E-state index in [2.05, 4.69) is 11.8 Å². The van der Waals surface area contributed by atoms with Crippen LogP contribution in [0.1, 0.15) is 26.7 Å². The maximum atomic E-state index is 9.61. The molecule has 2 atom stereocenters. The summed E-state index contributed by atoms with van der Waals surface area (Å²) in [6.07, 6.45) is 1.83. The molecule has 0 amide bonds. The van der Waals surface area contributed by atoms with E-state index in [0.29, 0.717) is 5.92 Å². The van der Waals surface area contributed by atoms with Gasteiger partial charge in [0.25, 0.3) is 0 Å². The Hall–Kier alpha value is -0.120. The summed E-state index contributed by atoms with van der Waals surface area (Å²) in [5.74, 6) is 0.419. The molecule has 1 fully saturated rings. The molecular weight excluding hydrogens is 178 g/mol. The van der Waals surface area contributed by atoms with Crippen LogP contribution in [0.5, 0.6) is 0 Å². The topological polar surface area (TPSA) is 32.7 Å². The number of morpholine rings is 1. The number of rotatable bonds is 5. The van der Waals surface area contributed by atoms with Crippen molar-refractivity contribution in [3.8, 4) is 0 Å². The standard InChI is InChI=1S/C11H23NO2/c1-3-11(13)10(2)4-5-12-6-8-14-9-7-12/h10-11,13H,3-9H2,1-2H3. The molecule has 1 N–H and O–H groups in total. The van der Waals surface area contributed by atoms with Crippen molar-refractivity contribution in [2.75, 3.05) is 32.8 Å². The third-order valence-electron chi connectivity index (χ3n) is 3.08. The summed E-state index contributed by atoms with van der Waals surface area (Å²) >= 11 is 0. The Bertz CT molecular complexity index is 144. The van der Waals surface area contributed by atoms with Crippen LogP contribution in [0.25, 0.3) is 0 Å². The minimum absolute atomic E-state index is 0.129. The molecule has 1 heterocycles. The molecule has 0 aromatic carbocycles. The molecule has 1 rings (SSSR count). The van der Waals surface area contributed by atoms with Crippen molar-refractivity contribution in [1.29, 1.82) is 0 Å². The molecule has 1 saturated heterocycles. The normalized spacial score (nSPS) is 23.4. The van der Waals surface area contributed by atoms with Gasteiger partial charge < -0.3 is 9.84 Å². The fraction of sp³-hybridized carbons (Fsp3) is 1.00. The fourth-order valence-corrected chi connectivity index (χ4v) is 1.81. The van der Waals surface area contributed by atoms with E-state index in [1.54, 1.807) is 0 Å². The van der Waals surface area contributed by atoms with Crippen molar-refractivity contribution in [3.63, 3.8) is 0 Å². The Morgan fingerprint density at radius 3 is 2.57 bits per heavy atom. The van der Waals surface area contributed by atoms with Crippen LogP contribution in [-0.4, -0.2) is 49.0 Å². The maximum absolute atomic E-state index is 9.61. The summed E-state index contributed by atoms with van der Waals surface area (Å²) in [6, 6.07) is 0. The Labute approximate surface area is 87.1 Å². The second kappa shape index (κ2) is 6.38. The van der Waals surface area contributed by atoms with Gasteiger partial charge in [-0.05, 0) is 25.3 Å². The van der Waals surface area contributed by atoms with Gasteiger partial charge in [-0.2, -0.15) is 0 Å². The predicted molar refractivity (Wildman–Crippen MR) is 57.3 cm³/mol. The van der Waals surface area contributed by atoms with Crippen molar-refractivity contribution in [2.24, 2.45) is 5.92 Å². The van der Waals surface area contributed by atoms with Gasteiger partial charge in [-0.15, -0.1) is 0 Å². The quantitative estimate of drug-likeness (QED) is 0.723. The van der Waals surface area contributed by atoms with Gasteiger partial charge in [-0.3, -0.25) is 4.90 Å². The lowest BCUT2D eigenvalue weighted by Gasteiger charge is -2.28. The van der Waals surface area contributed by atoms with Crippen LogP contribution in [0.15, 0.2) is 0 Å². The first-order valence-corrected chi connectivity index (χ1v) is 5.72. The second-order valence-corrected chi connectivity index (χ2v) is 4.20. The summed E-state index contributed by atoms with van der Waals surface area (Å²) in [5, 5.41) is 9.61. The lowest BCUT2D eigenvalue weighted by molar-refractivity contribution is 0.0300. The largest absolute Gasteiger partial charge is 0.393 e. The number of hydrogen-bond donors (Lipinski definition) is 1. The van der Waals surface area contributed by atoms with Crippen LogP contribution in [-0.2, 0) is 4.74 Å². The molecule has 3 heteroatoms. The molecule has 1 aliphatic heterocycles. The Balaban J connectivity index is 2.12. The summed E-state index contributed by atoms with van der Waals surface area (Å²) in [7, 11) is 0. The number of ether oxygens (including phenoxy) is 1. The summed E-state index contributed by atoms with van der Waals surface area (Å²) < 4.78 is 5.28. The number of aliphatic hydroxyl groups is 1. The van der Waals surface area contributed by atoms with Gasteiger partial charge in [0.2, 0.25) is 0 Å². The molecular formula is C11H23NO2. The first-order valence-electron chi connectivity index (χ1n) is 5.72. The first kappa shape index (κ1) is 12.0. The van der Waals surface area contributed by atoms with Gasteiger partial charge in [0.1, 0.15) is 0 Å². The van der Waals surface area contributed by atoms with Crippen molar-refractivity contribution in [3.05, 3.63) is 0 Å². The van der Waals surface area contributed by atoms with E-state index in [0.717, 1.165) is 45.7 Å². The zero-order chi connectivity index (χ0) is 10.4. The van der Waals surface area contributed by atoms with Crippen molar-refractivity contribution in [2.45, 2.75) is 32.8 Å². The highest BCUT2D eigenvalue weighted by atomic mass is 16.5. The van der Waals surface area contributed by atoms with Gasteiger partial charge in [0.15, 0.2) is 0 Å². The average Bonchev–Trinajstić information content (AvgIpc) is 2.26. The van der Waals surface area contributed by atoms with E-state index < -0.39 is 0 Å². The minimum atomic E-state index is -0.129. The van der Waals surface area contributed by atoms with Crippen LogP contribution in [0.4, 0.5) is 0 Å². The average molecular weight is 201 g/mol. The number of hydrogen-bond acceptors (Lipinski definition) is 3. The van der Waals surface area contributed by atoms with Gasteiger partial charge >= 0.3 is 0 Å². The molecule has 14 heavy (non-hydrogen) atoms. The van der Waals surface area contributed by atoms with Crippen molar-refractivity contribution < 1.29 is 9.84 Å². The molecule has 0 radical (unpaired) electrons. The van der Waals surface area contributed by atoms with Crippen LogP contribution < -0.4 is 0 Å². The van der Waals surface area contributed by atoms with Crippen LogP contribution in [0.3, 0.4) is 0 Å². The van der Waals surface area contributed by atoms with Crippen LogP contribution in [0.2, 0.25) is 0 Å². The van der Waals surface area contributed by atoms with E-state index in [9.17, 15) is 5.11 Å². The Kier molecular flexibility index (Phi) is 5.45. The van der Waals surface area contributed by atoms with Crippen LogP contribution >= 0.6 is 0 Å². The third-order valence-corrected chi connectivity index (χ3v) is 3.08. The Morgan fingerprint density at radius 1 is 1.36 bits per heavy atom. The zero-order valence-corrected chi connectivity index (χ0v) is 9.41. The van der Waals surface area contributed by atoms with E-state index in [-0.39, 0.29) is 6.10 Å². The van der Waals surface area contributed by atoms with Crippen LogP contribution in [0, 0.1) is 5.92 Å². The second-order valence-electron chi connectivity index (χ2n) is 4.20. The molecule has 1 aliphatic rings. The predicted octanol–water partition coefficient (Wildman–Crippen LogP) is 1.12. The molecule has 2 unspecified atom stereocenters. The van der Waals surface area contributed by atoms with Crippen molar-refractivity contribution in [1.82, 2.24) is 4.90 Å². The van der Waals surface area contributed by atoms with Crippen molar-refractivity contribution >= 4 is 0 Å². The zero-order valence-electron chi connectivity index (χ0n) is 9.41. The van der Waals surface area contributed by atoms with Gasteiger partial charge in [0.05, 0.1) is 19.3 Å². The monoisotopic (exact) mass is 201 g/mol. The fourth-order valence-electron chi connectivity index (χ4n) is 1.81. The molecule has 0 aromatic rings. The van der Waals surface area contributed by atoms with E-state index in [1.807, 2.05) is 6.92 Å². The maximum Gasteiger partial charge on any atom is 0.0594 e. The molecule has 0 aromatic heterocycles. The van der Waals surface area contributed by atoms with Gasteiger partial charge in [0, 0.05) is 13.1 Å². The van der Waals surface area contributed by atoms with E-state index in [1.165, 1.54) is 0 Å². The lowest BCUT2D eigenvalue weighted by Crippen LogP contribution is -2.38. The molecule has 0 saturated carbocycles. The minimum Gasteiger partial charge on any atom is -0.393 e. The molecule has 0 spiro atoms. The highest BCUT2D eigenvalue weighted by Gasteiger charge is 2.15. The molecule has 0 aliphatic carbocycles. The van der Waals surface area contributed by atoms with E-state index >= 15 is 0 Å². The van der Waals surface area contributed by atoms with Gasteiger partial charge in [-0.25, -0.2) is 0 Å². The number of nitrogens with zero attached hydrogens (tertiary/aromatic N) is 1. The lowest BCUT2D eigenvalue weighted by atomic mass is 9.99. The smallest absolute Gasteiger partial charge is 0.0594 e. The summed E-state index contributed by atoms with van der Waals surface area (Å²) in [4.78, 5) is 2.42. The first-order chi connectivity index (χ1) is 6.74. The third kappa shape index (κ3) is 3.95. The summed E-state index contributed by atoms with van der Waals surface area (Å²) in [5.41, 5.74) is 0. The van der Waals surface area contributed by atoms with Gasteiger partial charge in [-0.1, -0.05) is 13.8 Å². The molecule has 3 nitrogen and oxygen atoms in total. The van der Waals surface area contributed by atoms with E-state index in [4.69, 9.17) is 4.74 Å². The molecule has 84 valence electrons.